The number of thiophene rings is 1. The molecule has 15 heavy (non-hydrogen) atoms. The van der Waals surface area contributed by atoms with Gasteiger partial charge in [-0.2, -0.15) is 0 Å². The quantitative estimate of drug-likeness (QED) is 0.718. The van der Waals surface area contributed by atoms with Crippen LogP contribution < -0.4 is 5.32 Å². The van der Waals surface area contributed by atoms with Crippen molar-refractivity contribution in [1.29, 1.82) is 0 Å². The van der Waals surface area contributed by atoms with E-state index in [-0.39, 0.29) is 0 Å². The van der Waals surface area contributed by atoms with Crippen LogP contribution in [0.4, 0.5) is 0 Å². The summed E-state index contributed by atoms with van der Waals surface area (Å²) in [5, 5.41) is 3.34. The van der Waals surface area contributed by atoms with E-state index in [0.717, 1.165) is 32.6 Å². The van der Waals surface area contributed by atoms with Gasteiger partial charge in [-0.1, -0.05) is 13.8 Å². The van der Waals surface area contributed by atoms with Crippen molar-refractivity contribution >= 4 is 11.3 Å². The van der Waals surface area contributed by atoms with Gasteiger partial charge in [0.05, 0.1) is 0 Å². The van der Waals surface area contributed by atoms with Crippen LogP contribution in [0.25, 0.3) is 0 Å². The Bertz CT molecular complexity index is 270. The van der Waals surface area contributed by atoms with Gasteiger partial charge in [0, 0.05) is 29.4 Å². The fourth-order valence-electron chi connectivity index (χ4n) is 1.49. The third-order valence-corrected chi connectivity index (χ3v) is 3.63. The summed E-state index contributed by atoms with van der Waals surface area (Å²) in [5.74, 6) is 0. The van der Waals surface area contributed by atoms with Crippen molar-refractivity contribution in [3.63, 3.8) is 0 Å². The molecule has 0 atom stereocenters. The minimum atomic E-state index is 1.06. The SMILES string of the molecule is CCNCCN(C)Cc1ccc(CC)s1. The minimum absolute atomic E-state index is 1.06. The van der Waals surface area contributed by atoms with Crippen molar-refractivity contribution in [1.82, 2.24) is 10.2 Å². The van der Waals surface area contributed by atoms with Crippen molar-refractivity contribution < 1.29 is 0 Å². The summed E-state index contributed by atoms with van der Waals surface area (Å²) in [5.41, 5.74) is 0. The highest BCUT2D eigenvalue weighted by atomic mass is 32.1. The molecule has 0 amide bonds. The van der Waals surface area contributed by atoms with Crippen molar-refractivity contribution in [2.24, 2.45) is 0 Å². The van der Waals surface area contributed by atoms with E-state index >= 15 is 0 Å². The number of nitrogens with zero attached hydrogens (tertiary/aromatic N) is 1. The standard InChI is InChI=1S/C12H22N2S/c1-4-11-6-7-12(15-11)10-14(3)9-8-13-5-2/h6-7,13H,4-5,8-10H2,1-3H3. The maximum absolute atomic E-state index is 3.34. The molecule has 0 unspecified atom stereocenters. The first-order valence-electron chi connectivity index (χ1n) is 5.73. The Balaban J connectivity index is 2.27. The van der Waals surface area contributed by atoms with Crippen molar-refractivity contribution in [2.45, 2.75) is 26.8 Å². The highest BCUT2D eigenvalue weighted by Gasteiger charge is 2.02. The van der Waals surface area contributed by atoms with Crippen LogP contribution in [-0.4, -0.2) is 31.6 Å². The second-order valence-electron chi connectivity index (χ2n) is 3.81. The Kier molecular flexibility index (Phi) is 5.91. The number of likely N-dealkylation sites (N-methyl/N-ethyl adjacent to an activating group) is 2. The fraction of sp³-hybridized carbons (Fsp3) is 0.667. The Labute approximate surface area is 97.3 Å². The average molecular weight is 226 g/mol. The van der Waals surface area contributed by atoms with E-state index in [4.69, 9.17) is 0 Å². The summed E-state index contributed by atoms with van der Waals surface area (Å²) >= 11 is 1.94. The van der Waals surface area contributed by atoms with Crippen LogP contribution >= 0.6 is 11.3 Å². The van der Waals surface area contributed by atoms with Gasteiger partial charge < -0.3 is 10.2 Å². The first-order chi connectivity index (χ1) is 7.26. The summed E-state index contributed by atoms with van der Waals surface area (Å²) < 4.78 is 0. The zero-order valence-corrected chi connectivity index (χ0v) is 10.9. The normalized spacial score (nSPS) is 11.2. The number of aryl methyl sites for hydroxylation is 1. The van der Waals surface area contributed by atoms with E-state index < -0.39 is 0 Å². The molecule has 0 aromatic carbocycles. The molecular weight excluding hydrogens is 204 g/mol. The highest BCUT2D eigenvalue weighted by molar-refractivity contribution is 7.11. The highest BCUT2D eigenvalue weighted by Crippen LogP contribution is 2.17. The van der Waals surface area contributed by atoms with Crippen LogP contribution in [0.3, 0.4) is 0 Å². The van der Waals surface area contributed by atoms with Gasteiger partial charge in [0.25, 0.3) is 0 Å². The van der Waals surface area contributed by atoms with Crippen molar-refractivity contribution in [2.75, 3.05) is 26.7 Å². The summed E-state index contributed by atoms with van der Waals surface area (Å²) in [7, 11) is 2.18. The van der Waals surface area contributed by atoms with Crippen molar-refractivity contribution in [3.05, 3.63) is 21.9 Å². The van der Waals surface area contributed by atoms with Gasteiger partial charge >= 0.3 is 0 Å². The van der Waals surface area contributed by atoms with E-state index in [2.05, 4.69) is 43.2 Å². The molecule has 0 saturated carbocycles. The Morgan fingerprint density at radius 1 is 1.27 bits per heavy atom. The molecule has 1 aromatic rings. The van der Waals surface area contributed by atoms with Gasteiger partial charge in [-0.15, -0.1) is 11.3 Å². The molecule has 1 heterocycles. The maximum atomic E-state index is 3.34. The van der Waals surface area contributed by atoms with E-state index in [9.17, 15) is 0 Å². The summed E-state index contributed by atoms with van der Waals surface area (Å²) in [6.07, 6.45) is 1.16. The first kappa shape index (κ1) is 12.7. The van der Waals surface area contributed by atoms with E-state index in [1.807, 2.05) is 11.3 Å². The van der Waals surface area contributed by atoms with Gasteiger partial charge in [0.15, 0.2) is 0 Å². The number of hydrogen-bond acceptors (Lipinski definition) is 3. The van der Waals surface area contributed by atoms with Gasteiger partial charge in [0.2, 0.25) is 0 Å². The molecule has 0 aliphatic carbocycles. The fourth-order valence-corrected chi connectivity index (χ4v) is 2.53. The van der Waals surface area contributed by atoms with E-state index in [1.165, 1.54) is 9.75 Å². The predicted molar refractivity (Wildman–Crippen MR) is 68.6 cm³/mol. The smallest absolute Gasteiger partial charge is 0.0325 e. The molecular formula is C12H22N2S. The zero-order chi connectivity index (χ0) is 11.1. The lowest BCUT2D eigenvalue weighted by molar-refractivity contribution is 0.328. The molecule has 0 bridgehead atoms. The van der Waals surface area contributed by atoms with Gasteiger partial charge in [-0.3, -0.25) is 0 Å². The van der Waals surface area contributed by atoms with Crippen LogP contribution in [0.2, 0.25) is 0 Å². The summed E-state index contributed by atoms with van der Waals surface area (Å²) in [6, 6.07) is 4.51. The molecule has 86 valence electrons. The Hall–Kier alpha value is -0.380. The molecule has 0 radical (unpaired) electrons. The van der Waals surface area contributed by atoms with Crippen LogP contribution in [0.15, 0.2) is 12.1 Å². The molecule has 1 rings (SSSR count). The monoisotopic (exact) mass is 226 g/mol. The van der Waals surface area contributed by atoms with Crippen LogP contribution in [0.1, 0.15) is 23.6 Å². The lowest BCUT2D eigenvalue weighted by atomic mass is 10.3. The van der Waals surface area contributed by atoms with Crippen LogP contribution in [0, 0.1) is 0 Å². The Morgan fingerprint density at radius 2 is 2.00 bits per heavy atom. The third-order valence-electron chi connectivity index (χ3n) is 2.41. The molecule has 0 saturated heterocycles. The predicted octanol–water partition coefficient (Wildman–Crippen LogP) is 2.35. The Morgan fingerprint density at radius 3 is 2.60 bits per heavy atom. The number of nitrogens with one attached hydrogen (secondary N) is 1. The molecule has 0 fully saturated rings. The second-order valence-corrected chi connectivity index (χ2v) is 5.07. The lowest BCUT2D eigenvalue weighted by Gasteiger charge is -2.15. The molecule has 3 heteroatoms. The maximum Gasteiger partial charge on any atom is 0.0325 e. The van der Waals surface area contributed by atoms with Gasteiger partial charge in [-0.25, -0.2) is 0 Å². The lowest BCUT2D eigenvalue weighted by Crippen LogP contribution is -2.28. The molecule has 0 aliphatic rings. The molecule has 1 N–H and O–H groups in total. The number of hydrogen-bond donors (Lipinski definition) is 1. The summed E-state index contributed by atoms with van der Waals surface area (Å²) in [4.78, 5) is 5.34. The van der Waals surface area contributed by atoms with Crippen LogP contribution in [0.5, 0.6) is 0 Å². The third kappa shape index (κ3) is 4.78. The topological polar surface area (TPSA) is 15.3 Å². The van der Waals surface area contributed by atoms with E-state index in [1.54, 1.807) is 0 Å². The number of rotatable bonds is 7. The van der Waals surface area contributed by atoms with Gasteiger partial charge in [0.1, 0.15) is 0 Å². The zero-order valence-electron chi connectivity index (χ0n) is 10.0. The summed E-state index contributed by atoms with van der Waals surface area (Å²) in [6.45, 7) is 8.70. The van der Waals surface area contributed by atoms with Gasteiger partial charge in [-0.05, 0) is 32.1 Å². The largest absolute Gasteiger partial charge is 0.316 e. The molecule has 0 aliphatic heterocycles. The molecule has 0 spiro atoms. The molecule has 1 aromatic heterocycles. The molecule has 2 nitrogen and oxygen atoms in total. The van der Waals surface area contributed by atoms with Crippen molar-refractivity contribution in [3.8, 4) is 0 Å². The minimum Gasteiger partial charge on any atom is -0.316 e. The van der Waals surface area contributed by atoms with E-state index in [0.29, 0.717) is 0 Å². The second kappa shape index (κ2) is 6.99. The average Bonchev–Trinajstić information content (AvgIpc) is 2.66. The van der Waals surface area contributed by atoms with Crippen LogP contribution in [-0.2, 0) is 13.0 Å². The first-order valence-corrected chi connectivity index (χ1v) is 6.54.